The average molecular weight is 265 g/mol. The monoisotopic (exact) mass is 265 g/mol. The third-order valence-corrected chi connectivity index (χ3v) is 4.78. The van der Waals surface area contributed by atoms with Crippen LogP contribution in [0.5, 0.6) is 0 Å². The summed E-state index contributed by atoms with van der Waals surface area (Å²) in [5, 5.41) is 11.2. The first-order valence-corrected chi connectivity index (χ1v) is 6.93. The molecule has 2 N–H and O–H groups in total. The van der Waals surface area contributed by atoms with Gasteiger partial charge in [0.15, 0.2) is 9.84 Å². The number of hydrogen-bond donors (Lipinski definition) is 2. The van der Waals surface area contributed by atoms with Gasteiger partial charge < -0.3 is 10.4 Å². The molecule has 0 aromatic carbocycles. The van der Waals surface area contributed by atoms with E-state index in [0.29, 0.717) is 0 Å². The molecule has 0 aromatic rings. The Morgan fingerprint density at radius 1 is 1.18 bits per heavy atom. The molecule has 0 spiro atoms. The van der Waals surface area contributed by atoms with Crippen molar-refractivity contribution in [1.29, 1.82) is 0 Å². The second-order valence-electron chi connectivity index (χ2n) is 5.15. The molecule has 0 heterocycles. The Hall–Kier alpha value is -1.11. The summed E-state index contributed by atoms with van der Waals surface area (Å²) in [5.74, 6) is -1.76. The largest absolute Gasteiger partial charge is 0.481 e. The molecule has 0 saturated heterocycles. The summed E-state index contributed by atoms with van der Waals surface area (Å²) in [6, 6.07) is 0. The molecule has 0 radical (unpaired) electrons. The fraction of sp³-hybridized carbons (Fsp3) is 0.800. The Kier molecular flexibility index (Phi) is 4.33. The van der Waals surface area contributed by atoms with Gasteiger partial charge in [-0.2, -0.15) is 0 Å². The van der Waals surface area contributed by atoms with E-state index < -0.39 is 31.9 Å². The smallest absolute Gasteiger partial charge is 0.310 e. The maximum absolute atomic E-state index is 11.7. The van der Waals surface area contributed by atoms with E-state index >= 15 is 0 Å². The number of carboxylic acids is 1. The third kappa shape index (κ3) is 3.69. The zero-order valence-electron chi connectivity index (χ0n) is 10.7. The third-order valence-electron chi connectivity index (χ3n) is 2.74. The van der Waals surface area contributed by atoms with Gasteiger partial charge in [-0.25, -0.2) is 8.42 Å². The zero-order chi connectivity index (χ0) is 14.1. The number of rotatable bonds is 5. The second-order valence-corrected chi connectivity index (χ2v) is 7.72. The fourth-order valence-electron chi connectivity index (χ4n) is 0.758. The lowest BCUT2D eigenvalue weighted by molar-refractivity contribution is -0.146. The minimum Gasteiger partial charge on any atom is -0.481 e. The summed E-state index contributed by atoms with van der Waals surface area (Å²) in [5.41, 5.74) is -1.14. The van der Waals surface area contributed by atoms with E-state index in [-0.39, 0.29) is 6.54 Å². The van der Waals surface area contributed by atoms with Crippen molar-refractivity contribution in [1.82, 2.24) is 5.32 Å². The van der Waals surface area contributed by atoms with Crippen LogP contribution >= 0.6 is 0 Å². The lowest BCUT2D eigenvalue weighted by Crippen LogP contribution is -2.50. The quantitative estimate of drug-likeness (QED) is 0.730. The first-order chi connectivity index (χ1) is 7.32. The number of nitrogens with one attached hydrogen (secondary N) is 1. The van der Waals surface area contributed by atoms with Crippen molar-refractivity contribution in [2.45, 2.75) is 32.4 Å². The Labute approximate surface area is 101 Å². The second kappa shape index (κ2) is 4.64. The normalized spacial score (nSPS) is 13.2. The van der Waals surface area contributed by atoms with E-state index in [1.165, 1.54) is 27.7 Å². The molecule has 0 rings (SSSR count). The van der Waals surface area contributed by atoms with E-state index in [9.17, 15) is 18.0 Å². The summed E-state index contributed by atoms with van der Waals surface area (Å²) in [6.07, 6.45) is 0.967. The van der Waals surface area contributed by atoms with Gasteiger partial charge in [0.25, 0.3) is 0 Å². The van der Waals surface area contributed by atoms with E-state index in [2.05, 4.69) is 5.32 Å². The number of amides is 1. The van der Waals surface area contributed by atoms with Gasteiger partial charge in [-0.15, -0.1) is 0 Å². The molecule has 0 aliphatic heterocycles. The molecule has 0 bridgehead atoms. The number of carboxylic acid groups (broad SMARTS) is 1. The van der Waals surface area contributed by atoms with E-state index in [1.54, 1.807) is 0 Å². The molecule has 0 aliphatic rings. The van der Waals surface area contributed by atoms with Crippen LogP contribution in [0.15, 0.2) is 0 Å². The van der Waals surface area contributed by atoms with Crippen molar-refractivity contribution >= 4 is 21.7 Å². The number of hydrogen-bond acceptors (Lipinski definition) is 4. The predicted molar refractivity (Wildman–Crippen MR) is 63.3 cm³/mol. The molecule has 1 amide bonds. The molecular formula is C10H19NO5S. The molecule has 0 unspecified atom stereocenters. The first-order valence-electron chi connectivity index (χ1n) is 5.03. The van der Waals surface area contributed by atoms with Gasteiger partial charge in [0.2, 0.25) is 5.91 Å². The van der Waals surface area contributed by atoms with Gasteiger partial charge in [0, 0.05) is 12.8 Å². The lowest BCUT2D eigenvalue weighted by Gasteiger charge is -2.25. The SMILES string of the molecule is CC(C)(CNC(=O)C(C)(C)S(C)(=O)=O)C(=O)O. The summed E-state index contributed by atoms with van der Waals surface area (Å²) in [6.45, 7) is 5.34. The summed E-state index contributed by atoms with van der Waals surface area (Å²) >= 11 is 0. The minimum absolute atomic E-state index is 0.125. The summed E-state index contributed by atoms with van der Waals surface area (Å²) in [7, 11) is -3.55. The summed E-state index contributed by atoms with van der Waals surface area (Å²) in [4.78, 5) is 22.5. The number of sulfone groups is 1. The molecule has 7 heteroatoms. The van der Waals surface area contributed by atoms with Crippen molar-refractivity contribution in [3.05, 3.63) is 0 Å². The molecule has 0 aromatic heterocycles. The highest BCUT2D eigenvalue weighted by molar-refractivity contribution is 7.92. The Morgan fingerprint density at radius 3 is 1.88 bits per heavy atom. The topological polar surface area (TPSA) is 101 Å². The molecule has 100 valence electrons. The van der Waals surface area contributed by atoms with Crippen LogP contribution in [0.25, 0.3) is 0 Å². The van der Waals surface area contributed by atoms with Crippen molar-refractivity contribution in [3.8, 4) is 0 Å². The van der Waals surface area contributed by atoms with Crippen molar-refractivity contribution < 1.29 is 23.1 Å². The van der Waals surface area contributed by atoms with Crippen molar-refractivity contribution in [3.63, 3.8) is 0 Å². The molecule has 0 aliphatic carbocycles. The van der Waals surface area contributed by atoms with Crippen LogP contribution < -0.4 is 5.32 Å². The highest BCUT2D eigenvalue weighted by Crippen LogP contribution is 2.17. The van der Waals surface area contributed by atoms with Gasteiger partial charge in [-0.05, 0) is 27.7 Å². The van der Waals surface area contributed by atoms with Gasteiger partial charge in [0.1, 0.15) is 4.75 Å². The van der Waals surface area contributed by atoms with E-state index in [0.717, 1.165) is 6.26 Å². The van der Waals surface area contributed by atoms with Gasteiger partial charge >= 0.3 is 5.97 Å². The van der Waals surface area contributed by atoms with E-state index in [4.69, 9.17) is 5.11 Å². The standard InChI is InChI=1S/C10H19NO5S/c1-9(2,8(13)14)6-11-7(12)10(3,4)17(5,15)16/h6H2,1-5H3,(H,11,12)(H,13,14). The Bertz CT molecular complexity index is 422. The number of carbonyl (C=O) groups excluding carboxylic acids is 1. The molecule has 0 saturated carbocycles. The molecular weight excluding hydrogens is 246 g/mol. The van der Waals surface area contributed by atoms with E-state index in [1.807, 2.05) is 0 Å². The Morgan fingerprint density at radius 2 is 1.59 bits per heavy atom. The highest BCUT2D eigenvalue weighted by Gasteiger charge is 2.39. The highest BCUT2D eigenvalue weighted by atomic mass is 32.2. The molecule has 6 nitrogen and oxygen atoms in total. The fourth-order valence-corrected chi connectivity index (χ4v) is 1.17. The summed E-state index contributed by atoms with van der Waals surface area (Å²) < 4.78 is 21.2. The maximum Gasteiger partial charge on any atom is 0.310 e. The minimum atomic E-state index is -3.55. The molecule has 17 heavy (non-hydrogen) atoms. The van der Waals surface area contributed by atoms with Crippen LogP contribution in [0.4, 0.5) is 0 Å². The molecule has 0 fully saturated rings. The van der Waals surface area contributed by atoms with Gasteiger partial charge in [-0.1, -0.05) is 0 Å². The van der Waals surface area contributed by atoms with Gasteiger partial charge in [-0.3, -0.25) is 9.59 Å². The van der Waals surface area contributed by atoms with Crippen LogP contribution in [0.3, 0.4) is 0 Å². The van der Waals surface area contributed by atoms with Crippen LogP contribution in [-0.2, 0) is 19.4 Å². The Balaban J connectivity index is 4.76. The average Bonchev–Trinajstić information content (AvgIpc) is 2.12. The van der Waals surface area contributed by atoms with Gasteiger partial charge in [0.05, 0.1) is 5.41 Å². The predicted octanol–water partition coefficient (Wildman–Crippen LogP) is 0.0366. The van der Waals surface area contributed by atoms with Crippen molar-refractivity contribution in [2.75, 3.05) is 12.8 Å². The number of aliphatic carboxylic acids is 1. The van der Waals surface area contributed by atoms with Crippen LogP contribution in [0.1, 0.15) is 27.7 Å². The molecule has 0 atom stereocenters. The maximum atomic E-state index is 11.7. The first kappa shape index (κ1) is 15.9. The van der Waals surface area contributed by atoms with Crippen molar-refractivity contribution in [2.24, 2.45) is 5.41 Å². The number of carbonyl (C=O) groups is 2. The lowest BCUT2D eigenvalue weighted by atomic mass is 9.93. The zero-order valence-corrected chi connectivity index (χ0v) is 11.5. The van der Waals surface area contributed by atoms with Crippen LogP contribution in [-0.4, -0.2) is 42.9 Å². The van der Waals surface area contributed by atoms with Crippen LogP contribution in [0.2, 0.25) is 0 Å². The van der Waals surface area contributed by atoms with Crippen LogP contribution in [0, 0.1) is 5.41 Å².